The Hall–Kier alpha value is -1.95. The molecule has 1 aromatic carbocycles. The summed E-state index contributed by atoms with van der Waals surface area (Å²) in [6.07, 6.45) is 0. The van der Waals surface area contributed by atoms with Gasteiger partial charge < -0.3 is 10.8 Å². The number of carboxylic acid groups (broad SMARTS) is 1. The zero-order valence-corrected chi connectivity index (χ0v) is 8.36. The first-order valence-corrected chi connectivity index (χ1v) is 4.91. The predicted molar refractivity (Wildman–Crippen MR) is 56.7 cm³/mol. The zero-order chi connectivity index (χ0) is 10.8. The molecule has 0 radical (unpaired) electrons. The predicted octanol–water partition coefficient (Wildman–Crippen LogP) is 1.49. The Labute approximate surface area is 89.2 Å². The average molecular weight is 221 g/mol. The number of carboxylic acids is 1. The lowest BCUT2D eigenvalue weighted by Crippen LogP contribution is -1.95. The van der Waals surface area contributed by atoms with Crippen molar-refractivity contribution in [1.29, 1.82) is 0 Å². The SMILES string of the molecule is Nc1nnc(-c2cccc(C(=O)O)c2)s1. The molecule has 0 aliphatic heterocycles. The van der Waals surface area contributed by atoms with Gasteiger partial charge >= 0.3 is 5.97 Å². The molecule has 5 nitrogen and oxygen atoms in total. The second-order valence-corrected chi connectivity index (χ2v) is 3.84. The van der Waals surface area contributed by atoms with Crippen molar-refractivity contribution >= 4 is 22.4 Å². The van der Waals surface area contributed by atoms with Crippen molar-refractivity contribution < 1.29 is 9.90 Å². The molecule has 15 heavy (non-hydrogen) atoms. The van der Waals surface area contributed by atoms with Crippen LogP contribution in [0.4, 0.5) is 5.13 Å². The Morgan fingerprint density at radius 1 is 1.40 bits per heavy atom. The maximum absolute atomic E-state index is 10.7. The maximum atomic E-state index is 10.7. The molecular formula is C9H7N3O2S. The first kappa shape index (κ1) is 9.60. The van der Waals surface area contributed by atoms with Gasteiger partial charge in [-0.25, -0.2) is 4.79 Å². The summed E-state index contributed by atoms with van der Waals surface area (Å²) < 4.78 is 0. The number of benzene rings is 1. The van der Waals surface area contributed by atoms with E-state index < -0.39 is 5.97 Å². The smallest absolute Gasteiger partial charge is 0.335 e. The molecule has 0 saturated heterocycles. The van der Waals surface area contributed by atoms with Crippen molar-refractivity contribution in [2.75, 3.05) is 5.73 Å². The second kappa shape index (κ2) is 3.66. The fourth-order valence-corrected chi connectivity index (χ4v) is 1.74. The van der Waals surface area contributed by atoms with Gasteiger partial charge in [-0.3, -0.25) is 0 Å². The van der Waals surface area contributed by atoms with E-state index in [2.05, 4.69) is 10.2 Å². The van der Waals surface area contributed by atoms with Crippen molar-refractivity contribution in [2.24, 2.45) is 0 Å². The topological polar surface area (TPSA) is 89.1 Å². The van der Waals surface area contributed by atoms with Crippen molar-refractivity contribution in [2.45, 2.75) is 0 Å². The fraction of sp³-hybridized carbons (Fsp3) is 0. The second-order valence-electron chi connectivity index (χ2n) is 2.83. The van der Waals surface area contributed by atoms with E-state index in [1.165, 1.54) is 17.4 Å². The Balaban J connectivity index is 2.45. The number of rotatable bonds is 2. The van der Waals surface area contributed by atoms with Crippen LogP contribution in [0.5, 0.6) is 0 Å². The van der Waals surface area contributed by atoms with E-state index in [-0.39, 0.29) is 5.56 Å². The Morgan fingerprint density at radius 2 is 2.20 bits per heavy atom. The van der Waals surface area contributed by atoms with Gasteiger partial charge in [0.2, 0.25) is 5.13 Å². The molecule has 6 heteroatoms. The van der Waals surface area contributed by atoms with Crippen LogP contribution in [-0.4, -0.2) is 21.3 Å². The molecule has 1 heterocycles. The minimum absolute atomic E-state index is 0.223. The number of carbonyl (C=O) groups is 1. The van der Waals surface area contributed by atoms with E-state index in [4.69, 9.17) is 10.8 Å². The molecular weight excluding hydrogens is 214 g/mol. The van der Waals surface area contributed by atoms with E-state index in [9.17, 15) is 4.79 Å². The van der Waals surface area contributed by atoms with Crippen molar-refractivity contribution in [3.05, 3.63) is 29.8 Å². The van der Waals surface area contributed by atoms with Gasteiger partial charge in [-0.15, -0.1) is 10.2 Å². The third kappa shape index (κ3) is 1.94. The Morgan fingerprint density at radius 3 is 2.80 bits per heavy atom. The van der Waals surface area contributed by atoms with Crippen LogP contribution >= 0.6 is 11.3 Å². The highest BCUT2D eigenvalue weighted by molar-refractivity contribution is 7.18. The first-order valence-electron chi connectivity index (χ1n) is 4.09. The molecule has 0 spiro atoms. The van der Waals surface area contributed by atoms with E-state index in [0.717, 1.165) is 0 Å². The molecule has 0 fully saturated rings. The molecule has 0 amide bonds. The lowest BCUT2D eigenvalue weighted by atomic mass is 10.1. The Kier molecular flexibility index (Phi) is 2.34. The van der Waals surface area contributed by atoms with Gasteiger partial charge in [-0.1, -0.05) is 23.5 Å². The normalized spacial score (nSPS) is 10.1. The van der Waals surface area contributed by atoms with Crippen LogP contribution < -0.4 is 5.73 Å². The molecule has 0 bridgehead atoms. The van der Waals surface area contributed by atoms with Crippen molar-refractivity contribution in [3.8, 4) is 10.6 Å². The highest BCUT2D eigenvalue weighted by Crippen LogP contribution is 2.25. The van der Waals surface area contributed by atoms with Gasteiger partial charge in [0, 0.05) is 5.56 Å². The van der Waals surface area contributed by atoms with E-state index in [0.29, 0.717) is 15.7 Å². The largest absolute Gasteiger partial charge is 0.478 e. The van der Waals surface area contributed by atoms with Gasteiger partial charge in [-0.05, 0) is 12.1 Å². The molecule has 2 aromatic rings. The molecule has 0 aliphatic carbocycles. The number of hydrogen-bond acceptors (Lipinski definition) is 5. The molecule has 0 aliphatic rings. The van der Waals surface area contributed by atoms with Gasteiger partial charge in [0.25, 0.3) is 0 Å². The average Bonchev–Trinajstić information content (AvgIpc) is 2.65. The molecule has 76 valence electrons. The third-order valence-electron chi connectivity index (χ3n) is 1.80. The molecule has 1 aromatic heterocycles. The monoisotopic (exact) mass is 221 g/mol. The molecule has 2 rings (SSSR count). The van der Waals surface area contributed by atoms with Crippen LogP contribution in [0.2, 0.25) is 0 Å². The number of nitrogens with zero attached hydrogens (tertiary/aromatic N) is 2. The molecule has 0 atom stereocenters. The number of nitrogen functional groups attached to an aromatic ring is 1. The summed E-state index contributed by atoms with van der Waals surface area (Å²) in [5, 5.41) is 17.3. The van der Waals surface area contributed by atoms with Gasteiger partial charge in [0.05, 0.1) is 5.56 Å². The number of anilines is 1. The van der Waals surface area contributed by atoms with E-state index >= 15 is 0 Å². The van der Waals surface area contributed by atoms with Crippen LogP contribution in [0.15, 0.2) is 24.3 Å². The standard InChI is InChI=1S/C9H7N3O2S/c10-9-12-11-7(15-9)5-2-1-3-6(4-5)8(13)14/h1-4H,(H2,10,12)(H,13,14). The molecule has 3 N–H and O–H groups in total. The zero-order valence-electron chi connectivity index (χ0n) is 7.54. The van der Waals surface area contributed by atoms with Crippen molar-refractivity contribution in [3.63, 3.8) is 0 Å². The lowest BCUT2D eigenvalue weighted by Gasteiger charge is -1.97. The highest BCUT2D eigenvalue weighted by atomic mass is 32.1. The first-order chi connectivity index (χ1) is 7.16. The summed E-state index contributed by atoms with van der Waals surface area (Å²) in [5.74, 6) is -0.964. The fourth-order valence-electron chi connectivity index (χ4n) is 1.14. The van der Waals surface area contributed by atoms with Crippen LogP contribution in [-0.2, 0) is 0 Å². The summed E-state index contributed by atoms with van der Waals surface area (Å²) in [5.41, 5.74) is 6.38. The summed E-state index contributed by atoms with van der Waals surface area (Å²) >= 11 is 1.22. The van der Waals surface area contributed by atoms with Crippen LogP contribution in [0.3, 0.4) is 0 Å². The number of aromatic nitrogens is 2. The minimum Gasteiger partial charge on any atom is -0.478 e. The highest BCUT2D eigenvalue weighted by Gasteiger charge is 2.07. The number of aromatic carboxylic acids is 1. The van der Waals surface area contributed by atoms with Crippen molar-refractivity contribution in [1.82, 2.24) is 10.2 Å². The lowest BCUT2D eigenvalue weighted by molar-refractivity contribution is 0.0697. The van der Waals surface area contributed by atoms with Gasteiger partial charge in [0.1, 0.15) is 5.01 Å². The molecule has 0 saturated carbocycles. The Bertz CT molecular complexity index is 510. The number of hydrogen-bond donors (Lipinski definition) is 2. The quantitative estimate of drug-likeness (QED) is 0.801. The summed E-state index contributed by atoms with van der Waals surface area (Å²) in [6.45, 7) is 0. The minimum atomic E-state index is -0.964. The summed E-state index contributed by atoms with van der Waals surface area (Å²) in [7, 11) is 0. The summed E-state index contributed by atoms with van der Waals surface area (Å²) in [4.78, 5) is 10.7. The summed E-state index contributed by atoms with van der Waals surface area (Å²) in [6, 6.07) is 6.50. The van der Waals surface area contributed by atoms with Crippen LogP contribution in [0.25, 0.3) is 10.6 Å². The van der Waals surface area contributed by atoms with Gasteiger partial charge in [-0.2, -0.15) is 0 Å². The van der Waals surface area contributed by atoms with Crippen LogP contribution in [0, 0.1) is 0 Å². The van der Waals surface area contributed by atoms with E-state index in [1.807, 2.05) is 0 Å². The molecule has 0 unspecified atom stereocenters. The van der Waals surface area contributed by atoms with Gasteiger partial charge in [0.15, 0.2) is 0 Å². The third-order valence-corrected chi connectivity index (χ3v) is 2.60. The van der Waals surface area contributed by atoms with Crippen LogP contribution in [0.1, 0.15) is 10.4 Å². The maximum Gasteiger partial charge on any atom is 0.335 e. The number of nitrogens with two attached hydrogens (primary N) is 1. The van der Waals surface area contributed by atoms with E-state index in [1.54, 1.807) is 18.2 Å².